The summed E-state index contributed by atoms with van der Waals surface area (Å²) >= 11 is 0. The molecule has 0 amide bonds. The highest BCUT2D eigenvalue weighted by molar-refractivity contribution is 4.97. The smallest absolute Gasteiger partial charge is 0.329 e. The Labute approximate surface area is 119 Å². The third kappa shape index (κ3) is 3.67. The Balaban J connectivity index is 1.99. The lowest BCUT2D eigenvalue weighted by molar-refractivity contribution is -0.188. The predicted molar refractivity (Wildman–Crippen MR) is 74.5 cm³/mol. The average Bonchev–Trinajstić information content (AvgIpc) is 2.37. The minimum Gasteiger partial charge on any atom is -0.329 e. The maximum absolute atomic E-state index is 12.8. The minimum absolute atomic E-state index is 0.168. The highest BCUT2D eigenvalue weighted by atomic mass is 19.4. The summed E-state index contributed by atoms with van der Waals surface area (Å²) in [4.78, 5) is 2.42. The van der Waals surface area contributed by atoms with Crippen LogP contribution in [0.15, 0.2) is 0 Å². The van der Waals surface area contributed by atoms with Gasteiger partial charge in [-0.05, 0) is 51.6 Å². The van der Waals surface area contributed by atoms with E-state index < -0.39 is 12.1 Å². The predicted octanol–water partition coefficient (Wildman–Crippen LogP) is 3.70. The molecule has 0 aromatic carbocycles. The van der Waals surface area contributed by atoms with Gasteiger partial charge in [-0.2, -0.15) is 13.2 Å². The van der Waals surface area contributed by atoms with E-state index in [0.717, 1.165) is 25.9 Å². The molecule has 0 atom stereocenters. The van der Waals surface area contributed by atoms with Gasteiger partial charge in [-0.1, -0.05) is 19.3 Å². The van der Waals surface area contributed by atoms with E-state index in [1.165, 1.54) is 19.3 Å². The van der Waals surface area contributed by atoms with E-state index >= 15 is 0 Å². The first-order valence-corrected chi connectivity index (χ1v) is 8.00. The van der Waals surface area contributed by atoms with Crippen LogP contribution in [0.5, 0.6) is 0 Å². The second kappa shape index (κ2) is 6.65. The Kier molecular flexibility index (Phi) is 5.35. The zero-order chi connectivity index (χ0) is 14.6. The molecule has 0 aromatic rings. The molecule has 0 bridgehead atoms. The number of halogens is 3. The van der Waals surface area contributed by atoms with Crippen molar-refractivity contribution in [3.8, 4) is 0 Å². The monoisotopic (exact) mass is 292 g/mol. The van der Waals surface area contributed by atoms with Crippen LogP contribution >= 0.6 is 0 Å². The van der Waals surface area contributed by atoms with Gasteiger partial charge in [-0.3, -0.25) is 4.90 Å². The SMILES string of the molecule is NCC1(N2CCCCCCC2)CCC(C(F)(F)F)CC1. The molecule has 2 fully saturated rings. The van der Waals surface area contributed by atoms with Gasteiger partial charge in [0.25, 0.3) is 0 Å². The first-order chi connectivity index (χ1) is 9.48. The van der Waals surface area contributed by atoms with E-state index in [0.29, 0.717) is 19.4 Å². The zero-order valence-electron chi connectivity index (χ0n) is 12.2. The van der Waals surface area contributed by atoms with Crippen LogP contribution < -0.4 is 5.73 Å². The summed E-state index contributed by atoms with van der Waals surface area (Å²) in [6, 6.07) is 0. The zero-order valence-corrected chi connectivity index (χ0v) is 12.2. The quantitative estimate of drug-likeness (QED) is 0.841. The van der Waals surface area contributed by atoms with Crippen LogP contribution in [-0.4, -0.2) is 36.2 Å². The standard InChI is InChI=1S/C15H27F3N2/c16-15(17,18)13-6-8-14(12-19,9-7-13)20-10-4-2-1-3-5-11-20/h13H,1-12,19H2. The van der Waals surface area contributed by atoms with Gasteiger partial charge in [-0.25, -0.2) is 0 Å². The fourth-order valence-corrected chi connectivity index (χ4v) is 3.85. The second-order valence-electron chi connectivity index (χ2n) is 6.50. The van der Waals surface area contributed by atoms with Gasteiger partial charge >= 0.3 is 6.18 Å². The Morgan fingerprint density at radius 1 is 0.950 bits per heavy atom. The van der Waals surface area contributed by atoms with Crippen molar-refractivity contribution in [2.75, 3.05) is 19.6 Å². The third-order valence-corrected chi connectivity index (χ3v) is 5.29. The number of alkyl halides is 3. The van der Waals surface area contributed by atoms with Gasteiger partial charge in [0.15, 0.2) is 0 Å². The third-order valence-electron chi connectivity index (χ3n) is 5.29. The fourth-order valence-electron chi connectivity index (χ4n) is 3.85. The van der Waals surface area contributed by atoms with Gasteiger partial charge in [0.05, 0.1) is 5.92 Å². The van der Waals surface area contributed by atoms with Crippen LogP contribution in [0.4, 0.5) is 13.2 Å². The molecule has 5 heteroatoms. The molecule has 2 nitrogen and oxygen atoms in total. The summed E-state index contributed by atoms with van der Waals surface area (Å²) in [5, 5.41) is 0. The maximum Gasteiger partial charge on any atom is 0.391 e. The topological polar surface area (TPSA) is 29.3 Å². The molecule has 20 heavy (non-hydrogen) atoms. The molecule has 0 unspecified atom stereocenters. The van der Waals surface area contributed by atoms with Crippen molar-refractivity contribution >= 4 is 0 Å². The molecule has 2 rings (SSSR count). The van der Waals surface area contributed by atoms with Crippen molar-refractivity contribution < 1.29 is 13.2 Å². The van der Waals surface area contributed by atoms with Gasteiger partial charge in [0.2, 0.25) is 0 Å². The Bertz CT molecular complexity index is 288. The molecule has 1 aliphatic heterocycles. The molecule has 2 aliphatic rings. The lowest BCUT2D eigenvalue weighted by atomic mass is 9.74. The number of rotatable bonds is 2. The largest absolute Gasteiger partial charge is 0.391 e. The van der Waals surface area contributed by atoms with Crippen LogP contribution in [0.2, 0.25) is 0 Å². The Morgan fingerprint density at radius 2 is 1.45 bits per heavy atom. The summed E-state index contributed by atoms with van der Waals surface area (Å²) < 4.78 is 38.4. The summed E-state index contributed by atoms with van der Waals surface area (Å²) in [5.74, 6) is -1.11. The number of hydrogen-bond acceptors (Lipinski definition) is 2. The van der Waals surface area contributed by atoms with Crippen molar-refractivity contribution in [2.24, 2.45) is 11.7 Å². The van der Waals surface area contributed by atoms with E-state index in [1.54, 1.807) is 0 Å². The molecule has 1 heterocycles. The summed E-state index contributed by atoms with van der Waals surface area (Å²) in [6.07, 6.45) is 3.76. The lowest BCUT2D eigenvalue weighted by Gasteiger charge is -2.48. The molecule has 1 saturated carbocycles. The fraction of sp³-hybridized carbons (Fsp3) is 1.00. The van der Waals surface area contributed by atoms with Crippen molar-refractivity contribution in [3.63, 3.8) is 0 Å². The average molecular weight is 292 g/mol. The second-order valence-corrected chi connectivity index (χ2v) is 6.50. The minimum atomic E-state index is -4.03. The molecule has 0 spiro atoms. The molecule has 0 radical (unpaired) electrons. The Morgan fingerprint density at radius 3 is 1.90 bits per heavy atom. The van der Waals surface area contributed by atoms with Gasteiger partial charge in [0.1, 0.15) is 0 Å². The van der Waals surface area contributed by atoms with E-state index in [2.05, 4.69) is 4.90 Å². The molecular weight excluding hydrogens is 265 g/mol. The highest BCUT2D eigenvalue weighted by Gasteiger charge is 2.47. The lowest BCUT2D eigenvalue weighted by Crippen LogP contribution is -2.57. The molecule has 1 aliphatic carbocycles. The van der Waals surface area contributed by atoms with Crippen LogP contribution in [0.25, 0.3) is 0 Å². The van der Waals surface area contributed by atoms with E-state index in [4.69, 9.17) is 5.73 Å². The number of nitrogens with two attached hydrogens (primary N) is 1. The van der Waals surface area contributed by atoms with Gasteiger partial charge in [-0.15, -0.1) is 0 Å². The molecule has 118 valence electrons. The number of nitrogens with zero attached hydrogens (tertiary/aromatic N) is 1. The van der Waals surface area contributed by atoms with E-state index in [1.807, 2.05) is 0 Å². The van der Waals surface area contributed by atoms with Crippen molar-refractivity contribution in [3.05, 3.63) is 0 Å². The molecule has 2 N–H and O–H groups in total. The summed E-state index contributed by atoms with van der Waals surface area (Å²) in [6.45, 7) is 2.51. The van der Waals surface area contributed by atoms with Crippen LogP contribution in [0.3, 0.4) is 0 Å². The molecule has 0 aromatic heterocycles. The van der Waals surface area contributed by atoms with E-state index in [-0.39, 0.29) is 18.4 Å². The summed E-state index contributed by atoms with van der Waals surface area (Å²) in [5.41, 5.74) is 5.82. The van der Waals surface area contributed by atoms with Crippen molar-refractivity contribution in [1.29, 1.82) is 0 Å². The van der Waals surface area contributed by atoms with Gasteiger partial charge in [0, 0.05) is 12.1 Å². The first-order valence-electron chi connectivity index (χ1n) is 8.00. The van der Waals surface area contributed by atoms with Crippen LogP contribution in [0.1, 0.15) is 57.8 Å². The van der Waals surface area contributed by atoms with Crippen LogP contribution in [-0.2, 0) is 0 Å². The van der Waals surface area contributed by atoms with Crippen molar-refractivity contribution in [2.45, 2.75) is 69.5 Å². The Hall–Kier alpha value is -0.290. The maximum atomic E-state index is 12.8. The summed E-state index contributed by atoms with van der Waals surface area (Å²) in [7, 11) is 0. The van der Waals surface area contributed by atoms with E-state index in [9.17, 15) is 13.2 Å². The van der Waals surface area contributed by atoms with Crippen LogP contribution in [0, 0.1) is 5.92 Å². The molecule has 1 saturated heterocycles. The number of likely N-dealkylation sites (tertiary alicyclic amines) is 1. The first kappa shape index (κ1) is 16.1. The highest BCUT2D eigenvalue weighted by Crippen LogP contribution is 2.43. The normalized spacial score (nSPS) is 34.5. The van der Waals surface area contributed by atoms with Gasteiger partial charge < -0.3 is 5.73 Å². The molecular formula is C15H27F3N2. The number of hydrogen-bond donors (Lipinski definition) is 1. The van der Waals surface area contributed by atoms with Crippen molar-refractivity contribution in [1.82, 2.24) is 4.90 Å².